The number of carbonyl (C=O) groups excluding carboxylic acids is 1. The van der Waals surface area contributed by atoms with E-state index in [0.29, 0.717) is 41.2 Å². The lowest BCUT2D eigenvalue weighted by molar-refractivity contribution is -0.118. The normalized spacial score (nSPS) is 14.8. The molecule has 6 heteroatoms. The van der Waals surface area contributed by atoms with Crippen molar-refractivity contribution in [2.45, 2.75) is 19.3 Å². The minimum Gasteiger partial charge on any atom is -0.486 e. The number of aryl methyl sites for hydroxylation is 2. The van der Waals surface area contributed by atoms with Crippen LogP contribution >= 0.6 is 11.6 Å². The number of rotatable bonds is 4. The van der Waals surface area contributed by atoms with Gasteiger partial charge in [0.2, 0.25) is 0 Å². The van der Waals surface area contributed by atoms with Crippen molar-refractivity contribution in [1.82, 2.24) is 0 Å². The summed E-state index contributed by atoms with van der Waals surface area (Å²) >= 11 is 6.20. The fourth-order valence-electron chi connectivity index (χ4n) is 3.13. The molecule has 5 nitrogen and oxygen atoms in total. The van der Waals surface area contributed by atoms with E-state index in [1.54, 1.807) is 12.1 Å². The van der Waals surface area contributed by atoms with Crippen LogP contribution in [-0.2, 0) is 17.6 Å². The Balaban J connectivity index is 1.39. The zero-order valence-corrected chi connectivity index (χ0v) is 14.4. The Labute approximate surface area is 150 Å². The molecule has 0 saturated heterocycles. The first-order valence-electron chi connectivity index (χ1n) is 8.32. The van der Waals surface area contributed by atoms with E-state index in [4.69, 9.17) is 25.8 Å². The molecule has 1 amide bonds. The number of carbonyl (C=O) groups is 1. The van der Waals surface area contributed by atoms with Crippen LogP contribution in [0.15, 0.2) is 30.3 Å². The van der Waals surface area contributed by atoms with Gasteiger partial charge in [0.05, 0.1) is 10.7 Å². The third-order valence-corrected chi connectivity index (χ3v) is 4.66. The number of ether oxygens (including phenoxy) is 3. The molecular formula is C19H18ClNO4. The van der Waals surface area contributed by atoms with Gasteiger partial charge in [0.25, 0.3) is 5.91 Å². The summed E-state index contributed by atoms with van der Waals surface area (Å²) in [6.07, 6.45) is 3.38. The van der Waals surface area contributed by atoms with Gasteiger partial charge in [0, 0.05) is 12.1 Å². The summed E-state index contributed by atoms with van der Waals surface area (Å²) in [6.45, 7) is 0.886. The molecule has 0 fully saturated rings. The van der Waals surface area contributed by atoms with E-state index in [1.165, 1.54) is 17.5 Å². The summed E-state index contributed by atoms with van der Waals surface area (Å²) in [5, 5.41) is 3.15. The topological polar surface area (TPSA) is 56.8 Å². The van der Waals surface area contributed by atoms with Crippen molar-refractivity contribution < 1.29 is 19.0 Å². The van der Waals surface area contributed by atoms with E-state index in [9.17, 15) is 4.79 Å². The van der Waals surface area contributed by atoms with Crippen LogP contribution in [0.4, 0.5) is 5.69 Å². The molecule has 1 aliphatic carbocycles. The van der Waals surface area contributed by atoms with E-state index in [2.05, 4.69) is 11.4 Å². The van der Waals surface area contributed by atoms with E-state index in [0.717, 1.165) is 12.8 Å². The number of hydrogen-bond acceptors (Lipinski definition) is 4. The molecule has 0 aromatic heterocycles. The summed E-state index contributed by atoms with van der Waals surface area (Å²) < 4.78 is 16.6. The molecule has 0 unspecified atom stereocenters. The van der Waals surface area contributed by atoms with Crippen LogP contribution in [0, 0.1) is 0 Å². The van der Waals surface area contributed by atoms with Gasteiger partial charge >= 0.3 is 0 Å². The highest BCUT2D eigenvalue weighted by atomic mass is 35.5. The molecule has 2 aromatic carbocycles. The fourth-order valence-corrected chi connectivity index (χ4v) is 3.33. The summed E-state index contributed by atoms with van der Waals surface area (Å²) in [5.74, 6) is 1.59. The summed E-state index contributed by atoms with van der Waals surface area (Å²) in [7, 11) is 0. The Morgan fingerprint density at radius 3 is 2.68 bits per heavy atom. The van der Waals surface area contributed by atoms with Gasteiger partial charge in [-0.25, -0.2) is 0 Å². The van der Waals surface area contributed by atoms with Crippen LogP contribution in [0.3, 0.4) is 0 Å². The molecule has 1 N–H and O–H groups in total. The molecule has 0 radical (unpaired) electrons. The van der Waals surface area contributed by atoms with E-state index >= 15 is 0 Å². The monoisotopic (exact) mass is 359 g/mol. The van der Waals surface area contributed by atoms with Crippen LogP contribution in [0.2, 0.25) is 5.02 Å². The number of benzene rings is 2. The van der Waals surface area contributed by atoms with Gasteiger partial charge in [-0.2, -0.15) is 0 Å². The van der Waals surface area contributed by atoms with Crippen molar-refractivity contribution in [3.05, 3.63) is 46.5 Å². The van der Waals surface area contributed by atoms with Gasteiger partial charge in [-0.1, -0.05) is 17.7 Å². The first-order chi connectivity index (χ1) is 12.2. The number of halogens is 1. The predicted molar refractivity (Wildman–Crippen MR) is 95.0 cm³/mol. The van der Waals surface area contributed by atoms with Crippen molar-refractivity contribution >= 4 is 23.2 Å². The highest BCUT2D eigenvalue weighted by Gasteiger charge is 2.17. The highest BCUT2D eigenvalue weighted by molar-refractivity contribution is 6.34. The largest absolute Gasteiger partial charge is 0.486 e. The zero-order valence-electron chi connectivity index (χ0n) is 13.6. The molecule has 130 valence electrons. The molecule has 2 aromatic rings. The summed E-state index contributed by atoms with van der Waals surface area (Å²) in [4.78, 5) is 12.2. The number of hydrogen-bond donors (Lipinski definition) is 1. The number of anilines is 1. The van der Waals surface area contributed by atoms with E-state index < -0.39 is 0 Å². The smallest absolute Gasteiger partial charge is 0.262 e. The number of fused-ring (bicyclic) bond motifs is 2. The van der Waals surface area contributed by atoms with E-state index in [1.807, 2.05) is 12.1 Å². The van der Waals surface area contributed by atoms with Crippen molar-refractivity contribution in [3.8, 4) is 17.2 Å². The van der Waals surface area contributed by atoms with Crippen molar-refractivity contribution in [2.24, 2.45) is 0 Å². The lowest BCUT2D eigenvalue weighted by Crippen LogP contribution is -2.21. The quantitative estimate of drug-likeness (QED) is 0.905. The van der Waals surface area contributed by atoms with Crippen LogP contribution in [0.25, 0.3) is 0 Å². The Morgan fingerprint density at radius 2 is 1.84 bits per heavy atom. The lowest BCUT2D eigenvalue weighted by Gasteiger charge is -2.20. The van der Waals surface area contributed by atoms with Gasteiger partial charge in [0.1, 0.15) is 19.0 Å². The third kappa shape index (κ3) is 3.51. The molecule has 4 rings (SSSR count). The zero-order chi connectivity index (χ0) is 17.2. The van der Waals surface area contributed by atoms with Crippen LogP contribution < -0.4 is 19.5 Å². The number of amides is 1. The molecule has 0 bridgehead atoms. The maximum atomic E-state index is 12.2. The van der Waals surface area contributed by atoms with E-state index in [-0.39, 0.29) is 12.5 Å². The van der Waals surface area contributed by atoms with Gasteiger partial charge in [-0.15, -0.1) is 0 Å². The minimum atomic E-state index is -0.279. The van der Waals surface area contributed by atoms with Crippen molar-refractivity contribution in [3.63, 3.8) is 0 Å². The maximum Gasteiger partial charge on any atom is 0.262 e. The fraction of sp³-hybridized carbons (Fsp3) is 0.316. The first-order valence-corrected chi connectivity index (χ1v) is 8.70. The molecule has 1 aliphatic heterocycles. The van der Waals surface area contributed by atoms with Gasteiger partial charge in [0.15, 0.2) is 18.1 Å². The Kier molecular flexibility index (Phi) is 4.40. The maximum absolute atomic E-state index is 12.2. The Morgan fingerprint density at radius 1 is 1.08 bits per heavy atom. The second-order valence-electron chi connectivity index (χ2n) is 6.10. The number of nitrogens with one attached hydrogen (secondary N) is 1. The van der Waals surface area contributed by atoms with Crippen LogP contribution in [-0.4, -0.2) is 25.7 Å². The summed E-state index contributed by atoms with van der Waals surface area (Å²) in [5.41, 5.74) is 3.17. The molecule has 0 saturated carbocycles. The van der Waals surface area contributed by atoms with Gasteiger partial charge in [-0.05, 0) is 42.5 Å². The highest BCUT2D eigenvalue weighted by Crippen LogP contribution is 2.38. The molecule has 1 heterocycles. The average Bonchev–Trinajstić information content (AvgIpc) is 3.08. The third-order valence-electron chi connectivity index (χ3n) is 4.35. The standard InChI is InChI=1S/C19H18ClNO4/c20-15-9-17-18(24-7-6-23-17)10-16(15)21-19(22)11-25-14-5-4-12-2-1-3-13(12)8-14/h4-5,8-10H,1-3,6-7,11H2,(H,21,22). The first kappa shape index (κ1) is 16.1. The SMILES string of the molecule is O=C(COc1ccc2c(c1)CCC2)Nc1cc2c(cc1Cl)OCCO2. The molecular weight excluding hydrogens is 342 g/mol. The van der Waals surface area contributed by atoms with Crippen LogP contribution in [0.1, 0.15) is 17.5 Å². The minimum absolute atomic E-state index is 0.0798. The lowest BCUT2D eigenvalue weighted by atomic mass is 10.1. The van der Waals surface area contributed by atoms with Crippen molar-refractivity contribution in [2.75, 3.05) is 25.1 Å². The molecule has 25 heavy (non-hydrogen) atoms. The Bertz CT molecular complexity index is 821. The predicted octanol–water partition coefficient (Wildman–Crippen LogP) is 3.62. The van der Waals surface area contributed by atoms with Gasteiger partial charge in [-0.3, -0.25) is 4.79 Å². The Hall–Kier alpha value is -2.40. The molecule has 0 spiro atoms. The second-order valence-corrected chi connectivity index (χ2v) is 6.50. The molecule has 2 aliphatic rings. The second kappa shape index (κ2) is 6.84. The average molecular weight is 360 g/mol. The van der Waals surface area contributed by atoms with Crippen LogP contribution in [0.5, 0.6) is 17.2 Å². The van der Waals surface area contributed by atoms with Gasteiger partial charge < -0.3 is 19.5 Å². The van der Waals surface area contributed by atoms with Crippen molar-refractivity contribution in [1.29, 1.82) is 0 Å². The summed E-state index contributed by atoms with van der Waals surface area (Å²) in [6, 6.07) is 9.32. The molecule has 0 atom stereocenters.